The minimum absolute atomic E-state index is 0.0243. The lowest BCUT2D eigenvalue weighted by atomic mass is 10.1. The SMILES string of the molecule is Cc1ccc2c(c1)C(=O)N(CCCC(=O)Nc1cccc(S(=O)(=O)NC3=NCCC3)c1)C2=O. The van der Waals surface area contributed by atoms with Gasteiger partial charge in [0.25, 0.3) is 21.8 Å². The van der Waals surface area contributed by atoms with Crippen LogP contribution in [0.3, 0.4) is 0 Å². The van der Waals surface area contributed by atoms with Gasteiger partial charge in [0.15, 0.2) is 0 Å². The van der Waals surface area contributed by atoms with Crippen LogP contribution in [0.15, 0.2) is 52.4 Å². The molecule has 2 aliphatic rings. The average molecular weight is 469 g/mol. The molecule has 33 heavy (non-hydrogen) atoms. The van der Waals surface area contributed by atoms with E-state index in [0.29, 0.717) is 35.6 Å². The molecule has 3 amide bonds. The summed E-state index contributed by atoms with van der Waals surface area (Å²) in [6, 6.07) is 11.1. The van der Waals surface area contributed by atoms with Crippen LogP contribution in [0.5, 0.6) is 0 Å². The smallest absolute Gasteiger partial charge is 0.262 e. The third-order valence-corrected chi connectivity index (χ3v) is 6.85. The van der Waals surface area contributed by atoms with Gasteiger partial charge in [-0.3, -0.25) is 29.0 Å². The highest BCUT2D eigenvalue weighted by Gasteiger charge is 2.35. The molecule has 2 aromatic rings. The molecule has 172 valence electrons. The van der Waals surface area contributed by atoms with Gasteiger partial charge >= 0.3 is 0 Å². The summed E-state index contributed by atoms with van der Waals surface area (Å²) in [7, 11) is -3.79. The fourth-order valence-electron chi connectivity index (χ4n) is 3.81. The number of benzene rings is 2. The zero-order valence-corrected chi connectivity index (χ0v) is 18.9. The van der Waals surface area contributed by atoms with Crippen LogP contribution in [0, 0.1) is 6.92 Å². The number of nitrogens with one attached hydrogen (secondary N) is 2. The first-order valence-corrected chi connectivity index (χ1v) is 12.2. The Hall–Kier alpha value is -3.53. The van der Waals surface area contributed by atoms with Crippen LogP contribution in [0.1, 0.15) is 52.0 Å². The van der Waals surface area contributed by atoms with Gasteiger partial charge in [-0.05, 0) is 50.1 Å². The fraction of sp³-hybridized carbons (Fsp3) is 0.304. The van der Waals surface area contributed by atoms with E-state index < -0.39 is 10.0 Å². The number of fused-ring (bicyclic) bond motifs is 1. The van der Waals surface area contributed by atoms with Crippen molar-refractivity contribution >= 4 is 39.3 Å². The number of carbonyl (C=O) groups excluding carboxylic acids is 3. The second kappa shape index (κ2) is 9.14. The molecular formula is C23H24N4O5S. The molecule has 0 aliphatic carbocycles. The van der Waals surface area contributed by atoms with Crippen LogP contribution in [0.2, 0.25) is 0 Å². The van der Waals surface area contributed by atoms with E-state index in [1.165, 1.54) is 12.1 Å². The molecule has 2 N–H and O–H groups in total. The van der Waals surface area contributed by atoms with Crippen molar-refractivity contribution < 1.29 is 22.8 Å². The average Bonchev–Trinajstić information content (AvgIpc) is 3.35. The van der Waals surface area contributed by atoms with Gasteiger partial charge in [0.1, 0.15) is 5.84 Å². The maximum Gasteiger partial charge on any atom is 0.262 e. The highest BCUT2D eigenvalue weighted by atomic mass is 32.2. The van der Waals surface area contributed by atoms with Gasteiger partial charge in [-0.1, -0.05) is 17.7 Å². The Morgan fingerprint density at radius 3 is 2.64 bits per heavy atom. The van der Waals surface area contributed by atoms with Crippen molar-refractivity contribution in [2.24, 2.45) is 4.99 Å². The van der Waals surface area contributed by atoms with Gasteiger partial charge in [-0.2, -0.15) is 0 Å². The Kier molecular flexibility index (Phi) is 6.28. The zero-order chi connectivity index (χ0) is 23.6. The number of carbonyl (C=O) groups is 3. The molecule has 4 rings (SSSR count). The van der Waals surface area contributed by atoms with Gasteiger partial charge in [-0.25, -0.2) is 8.42 Å². The van der Waals surface area contributed by atoms with Crippen molar-refractivity contribution in [2.45, 2.75) is 37.5 Å². The van der Waals surface area contributed by atoms with E-state index in [-0.39, 0.29) is 42.0 Å². The molecule has 9 nitrogen and oxygen atoms in total. The summed E-state index contributed by atoms with van der Waals surface area (Å²) in [5, 5.41) is 2.67. The van der Waals surface area contributed by atoms with Gasteiger partial charge in [-0.15, -0.1) is 0 Å². The first-order valence-electron chi connectivity index (χ1n) is 10.7. The number of imide groups is 1. The third-order valence-electron chi connectivity index (χ3n) is 5.47. The van der Waals surface area contributed by atoms with Crippen molar-refractivity contribution in [3.05, 3.63) is 59.2 Å². The molecule has 0 unspecified atom stereocenters. The molecule has 2 aromatic carbocycles. The van der Waals surface area contributed by atoms with Crippen LogP contribution in [0.25, 0.3) is 0 Å². The van der Waals surface area contributed by atoms with E-state index in [2.05, 4.69) is 15.0 Å². The number of amidine groups is 1. The molecule has 0 bridgehead atoms. The zero-order valence-electron chi connectivity index (χ0n) is 18.1. The summed E-state index contributed by atoms with van der Waals surface area (Å²) in [4.78, 5) is 42.7. The number of nitrogens with zero attached hydrogens (tertiary/aromatic N) is 2. The number of hydrogen-bond acceptors (Lipinski definition) is 6. The van der Waals surface area contributed by atoms with Crippen LogP contribution in [0.4, 0.5) is 5.69 Å². The minimum Gasteiger partial charge on any atom is -0.326 e. The van der Waals surface area contributed by atoms with E-state index in [0.717, 1.165) is 16.9 Å². The molecule has 2 aliphatic heterocycles. The van der Waals surface area contributed by atoms with Crippen LogP contribution in [-0.4, -0.2) is 50.0 Å². The highest BCUT2D eigenvalue weighted by Crippen LogP contribution is 2.24. The topological polar surface area (TPSA) is 125 Å². The molecule has 0 saturated carbocycles. The molecule has 0 atom stereocenters. The molecule has 0 radical (unpaired) electrons. The van der Waals surface area contributed by atoms with Gasteiger partial charge in [0.05, 0.1) is 16.0 Å². The third kappa shape index (κ3) is 4.95. The predicted molar refractivity (Wildman–Crippen MR) is 123 cm³/mol. The second-order valence-electron chi connectivity index (χ2n) is 8.03. The Labute approximate surface area is 191 Å². The van der Waals surface area contributed by atoms with Crippen molar-refractivity contribution in [3.8, 4) is 0 Å². The van der Waals surface area contributed by atoms with Crippen LogP contribution >= 0.6 is 0 Å². The highest BCUT2D eigenvalue weighted by molar-refractivity contribution is 7.90. The second-order valence-corrected chi connectivity index (χ2v) is 9.71. The Bertz CT molecular complexity index is 1270. The van der Waals surface area contributed by atoms with Crippen LogP contribution < -0.4 is 10.0 Å². The van der Waals surface area contributed by atoms with Crippen molar-refractivity contribution in [3.63, 3.8) is 0 Å². The number of aryl methyl sites for hydroxylation is 1. The molecular weight excluding hydrogens is 444 g/mol. The number of amides is 3. The Balaban J connectivity index is 1.32. The molecule has 10 heteroatoms. The quantitative estimate of drug-likeness (QED) is 0.604. The normalized spacial score (nSPS) is 15.4. The first-order chi connectivity index (χ1) is 15.7. The molecule has 0 saturated heterocycles. The van der Waals surface area contributed by atoms with Gasteiger partial charge in [0, 0.05) is 31.6 Å². The van der Waals surface area contributed by atoms with Crippen molar-refractivity contribution in [1.29, 1.82) is 0 Å². The van der Waals surface area contributed by atoms with E-state index in [9.17, 15) is 22.8 Å². The standard InChI is InChI=1S/C23H24N4O5S/c1-15-9-10-18-19(13-15)23(30)27(22(18)29)12-4-8-21(28)25-16-5-2-6-17(14-16)33(31,32)26-20-7-3-11-24-20/h2,5-6,9-10,13-14H,3-4,7-8,11-12H2,1H3,(H,24,26)(H,25,28). The van der Waals surface area contributed by atoms with E-state index in [1.807, 2.05) is 6.92 Å². The summed E-state index contributed by atoms with van der Waals surface area (Å²) in [6.45, 7) is 2.58. The largest absolute Gasteiger partial charge is 0.326 e. The fourth-order valence-corrected chi connectivity index (χ4v) is 4.94. The molecule has 0 aromatic heterocycles. The Morgan fingerprint density at radius 1 is 1.09 bits per heavy atom. The summed E-state index contributed by atoms with van der Waals surface area (Å²) in [5.74, 6) is -0.609. The number of aliphatic imine (C=N–C) groups is 1. The lowest BCUT2D eigenvalue weighted by Gasteiger charge is -2.13. The lowest BCUT2D eigenvalue weighted by molar-refractivity contribution is -0.116. The first kappa shape index (κ1) is 22.7. The van der Waals surface area contributed by atoms with Gasteiger partial charge in [0.2, 0.25) is 5.91 Å². The maximum absolute atomic E-state index is 12.5. The number of sulfonamides is 1. The molecule has 2 heterocycles. The van der Waals surface area contributed by atoms with E-state index in [4.69, 9.17) is 0 Å². The van der Waals surface area contributed by atoms with Crippen LogP contribution in [-0.2, 0) is 14.8 Å². The van der Waals surface area contributed by atoms with Crippen molar-refractivity contribution in [1.82, 2.24) is 9.62 Å². The lowest BCUT2D eigenvalue weighted by Crippen LogP contribution is -2.31. The van der Waals surface area contributed by atoms with Gasteiger partial charge < -0.3 is 5.32 Å². The van der Waals surface area contributed by atoms with E-state index >= 15 is 0 Å². The minimum atomic E-state index is -3.79. The summed E-state index contributed by atoms with van der Waals surface area (Å²) >= 11 is 0. The van der Waals surface area contributed by atoms with Crippen molar-refractivity contribution in [2.75, 3.05) is 18.4 Å². The monoisotopic (exact) mass is 468 g/mol. The number of hydrogen-bond donors (Lipinski definition) is 2. The predicted octanol–water partition coefficient (Wildman–Crippen LogP) is 2.48. The molecule has 0 fully saturated rings. The number of rotatable bonds is 7. The summed E-state index contributed by atoms with van der Waals surface area (Å²) in [5.41, 5.74) is 2.00. The summed E-state index contributed by atoms with van der Waals surface area (Å²) < 4.78 is 27.6. The molecule has 0 spiro atoms. The summed E-state index contributed by atoms with van der Waals surface area (Å²) in [6.07, 6.45) is 1.75. The van der Waals surface area contributed by atoms with E-state index in [1.54, 1.807) is 30.3 Å². The Morgan fingerprint density at radius 2 is 1.88 bits per heavy atom. The number of anilines is 1. The maximum atomic E-state index is 12.5.